The number of rotatable bonds is 4. The third-order valence-corrected chi connectivity index (χ3v) is 2.53. The average Bonchev–Trinajstić information content (AvgIpc) is 2.75. The molecule has 2 aromatic rings. The van der Waals surface area contributed by atoms with Crippen molar-refractivity contribution >= 4 is 11.9 Å². The third-order valence-electron chi connectivity index (χ3n) is 2.53. The van der Waals surface area contributed by atoms with Crippen LogP contribution in [0.5, 0.6) is 5.75 Å². The van der Waals surface area contributed by atoms with Gasteiger partial charge in [0, 0.05) is 25.0 Å². The summed E-state index contributed by atoms with van der Waals surface area (Å²) in [5.41, 5.74) is 0.569. The van der Waals surface area contributed by atoms with Crippen LogP contribution in [0.25, 0.3) is 0 Å². The van der Waals surface area contributed by atoms with E-state index in [2.05, 4.69) is 10.3 Å². The standard InChI is InChI=1S/C14H17N3O2/c1-10(2)19-12-6-4-11(5-7-12)13(18)16-14-15-8-9-17(14)3/h4-10H,1-3H3,(H,15,16,18). The molecule has 0 saturated heterocycles. The topological polar surface area (TPSA) is 56.1 Å². The van der Waals surface area contributed by atoms with Gasteiger partial charge in [0.25, 0.3) is 5.91 Å². The number of aryl methyl sites for hydroxylation is 1. The number of hydrogen-bond donors (Lipinski definition) is 1. The second-order valence-corrected chi connectivity index (χ2v) is 4.51. The van der Waals surface area contributed by atoms with Crippen LogP contribution >= 0.6 is 0 Å². The minimum atomic E-state index is -0.189. The number of hydrogen-bond acceptors (Lipinski definition) is 3. The molecule has 1 N–H and O–H groups in total. The van der Waals surface area contributed by atoms with Gasteiger partial charge in [-0.3, -0.25) is 10.1 Å². The van der Waals surface area contributed by atoms with Crippen molar-refractivity contribution in [1.82, 2.24) is 9.55 Å². The van der Waals surface area contributed by atoms with E-state index in [4.69, 9.17) is 4.74 Å². The quantitative estimate of drug-likeness (QED) is 0.917. The molecule has 0 bridgehead atoms. The van der Waals surface area contributed by atoms with Gasteiger partial charge in [0.05, 0.1) is 6.10 Å². The fraction of sp³-hybridized carbons (Fsp3) is 0.286. The third kappa shape index (κ3) is 3.34. The van der Waals surface area contributed by atoms with Crippen molar-refractivity contribution in [2.45, 2.75) is 20.0 Å². The fourth-order valence-corrected chi connectivity index (χ4v) is 1.62. The van der Waals surface area contributed by atoms with E-state index in [1.807, 2.05) is 20.9 Å². The van der Waals surface area contributed by atoms with Crippen LogP contribution in [0.15, 0.2) is 36.7 Å². The minimum Gasteiger partial charge on any atom is -0.491 e. The summed E-state index contributed by atoms with van der Waals surface area (Å²) in [4.78, 5) is 16.0. The summed E-state index contributed by atoms with van der Waals surface area (Å²) in [6.07, 6.45) is 3.52. The first-order valence-electron chi connectivity index (χ1n) is 6.11. The van der Waals surface area contributed by atoms with Crippen LogP contribution < -0.4 is 10.1 Å². The van der Waals surface area contributed by atoms with Crippen molar-refractivity contribution in [3.63, 3.8) is 0 Å². The average molecular weight is 259 g/mol. The minimum absolute atomic E-state index is 0.118. The Morgan fingerprint density at radius 1 is 1.32 bits per heavy atom. The molecule has 1 aromatic heterocycles. The van der Waals surface area contributed by atoms with Crippen LogP contribution in [0, 0.1) is 0 Å². The number of anilines is 1. The molecule has 0 aliphatic carbocycles. The number of carbonyl (C=O) groups excluding carboxylic acids is 1. The summed E-state index contributed by atoms with van der Waals surface area (Å²) >= 11 is 0. The number of carbonyl (C=O) groups is 1. The highest BCUT2D eigenvalue weighted by molar-refractivity contribution is 6.03. The van der Waals surface area contributed by atoms with E-state index >= 15 is 0 Å². The Bertz CT molecular complexity index is 558. The highest BCUT2D eigenvalue weighted by atomic mass is 16.5. The van der Waals surface area contributed by atoms with Crippen LogP contribution in [0.3, 0.4) is 0 Å². The molecular weight excluding hydrogens is 242 g/mol. The summed E-state index contributed by atoms with van der Waals surface area (Å²) in [5.74, 6) is 1.08. The smallest absolute Gasteiger partial charge is 0.257 e. The zero-order valence-electron chi connectivity index (χ0n) is 11.3. The summed E-state index contributed by atoms with van der Waals surface area (Å²) in [6, 6.07) is 7.03. The summed E-state index contributed by atoms with van der Waals surface area (Å²) in [7, 11) is 1.82. The molecule has 0 radical (unpaired) electrons. The van der Waals surface area contributed by atoms with Crippen LogP contribution in [0.4, 0.5) is 5.95 Å². The van der Waals surface area contributed by atoms with Gasteiger partial charge in [-0.15, -0.1) is 0 Å². The first-order valence-corrected chi connectivity index (χ1v) is 6.11. The lowest BCUT2D eigenvalue weighted by Gasteiger charge is -2.10. The lowest BCUT2D eigenvalue weighted by Crippen LogP contribution is -2.15. The number of ether oxygens (including phenoxy) is 1. The van der Waals surface area contributed by atoms with Gasteiger partial charge in [0.2, 0.25) is 5.95 Å². The molecule has 5 heteroatoms. The van der Waals surface area contributed by atoms with Gasteiger partial charge in [-0.2, -0.15) is 0 Å². The Morgan fingerprint density at radius 3 is 2.53 bits per heavy atom. The molecule has 0 fully saturated rings. The van der Waals surface area contributed by atoms with Crippen molar-refractivity contribution in [3.05, 3.63) is 42.2 Å². The highest BCUT2D eigenvalue weighted by Gasteiger charge is 2.09. The van der Waals surface area contributed by atoms with Gasteiger partial charge in [-0.1, -0.05) is 0 Å². The lowest BCUT2D eigenvalue weighted by atomic mass is 10.2. The molecule has 19 heavy (non-hydrogen) atoms. The van der Waals surface area contributed by atoms with Gasteiger partial charge >= 0.3 is 0 Å². The van der Waals surface area contributed by atoms with Crippen molar-refractivity contribution in [2.24, 2.45) is 7.05 Å². The van der Waals surface area contributed by atoms with Crippen LogP contribution in [0.1, 0.15) is 24.2 Å². The maximum Gasteiger partial charge on any atom is 0.257 e. The van der Waals surface area contributed by atoms with Crippen molar-refractivity contribution in [3.8, 4) is 5.75 Å². The Morgan fingerprint density at radius 2 is 2.00 bits per heavy atom. The zero-order chi connectivity index (χ0) is 13.8. The van der Waals surface area contributed by atoms with Gasteiger partial charge in [0.15, 0.2) is 0 Å². The molecule has 2 rings (SSSR count). The van der Waals surface area contributed by atoms with Gasteiger partial charge < -0.3 is 9.30 Å². The monoisotopic (exact) mass is 259 g/mol. The number of aromatic nitrogens is 2. The maximum absolute atomic E-state index is 12.0. The Balaban J connectivity index is 2.05. The van der Waals surface area contributed by atoms with Gasteiger partial charge in [-0.05, 0) is 38.1 Å². The second kappa shape index (κ2) is 5.56. The first kappa shape index (κ1) is 13.1. The predicted molar refractivity (Wildman–Crippen MR) is 73.4 cm³/mol. The Hall–Kier alpha value is -2.30. The molecule has 0 unspecified atom stereocenters. The molecule has 0 spiro atoms. The van der Waals surface area contributed by atoms with Crippen molar-refractivity contribution < 1.29 is 9.53 Å². The molecule has 0 aliphatic rings. The Kier molecular flexibility index (Phi) is 3.85. The molecular formula is C14H17N3O2. The molecule has 1 aromatic carbocycles. The largest absolute Gasteiger partial charge is 0.491 e. The molecule has 0 aliphatic heterocycles. The molecule has 100 valence electrons. The van der Waals surface area contributed by atoms with Crippen molar-refractivity contribution in [1.29, 1.82) is 0 Å². The number of amides is 1. The second-order valence-electron chi connectivity index (χ2n) is 4.51. The first-order chi connectivity index (χ1) is 9.06. The molecule has 5 nitrogen and oxygen atoms in total. The Labute approximate surface area is 112 Å². The van der Waals surface area contributed by atoms with Gasteiger partial charge in [-0.25, -0.2) is 4.98 Å². The fourth-order valence-electron chi connectivity index (χ4n) is 1.62. The SMILES string of the molecule is CC(C)Oc1ccc(C(=O)Nc2nccn2C)cc1. The number of imidazole rings is 1. The van der Waals surface area contributed by atoms with E-state index in [9.17, 15) is 4.79 Å². The van der Waals surface area contributed by atoms with E-state index in [-0.39, 0.29) is 12.0 Å². The molecule has 1 heterocycles. The van der Waals surface area contributed by atoms with Crippen LogP contribution in [-0.4, -0.2) is 21.6 Å². The summed E-state index contributed by atoms with van der Waals surface area (Å²) in [6.45, 7) is 3.92. The zero-order valence-corrected chi connectivity index (χ0v) is 11.3. The number of nitrogens with one attached hydrogen (secondary N) is 1. The van der Waals surface area contributed by atoms with E-state index in [1.165, 1.54) is 0 Å². The number of benzene rings is 1. The van der Waals surface area contributed by atoms with Crippen molar-refractivity contribution in [2.75, 3.05) is 5.32 Å². The molecule has 1 amide bonds. The van der Waals surface area contributed by atoms with E-state index in [0.29, 0.717) is 11.5 Å². The van der Waals surface area contributed by atoms with E-state index < -0.39 is 0 Å². The van der Waals surface area contributed by atoms with Gasteiger partial charge in [0.1, 0.15) is 5.75 Å². The summed E-state index contributed by atoms with van der Waals surface area (Å²) < 4.78 is 7.27. The highest BCUT2D eigenvalue weighted by Crippen LogP contribution is 2.14. The van der Waals surface area contributed by atoms with Crippen LogP contribution in [-0.2, 0) is 7.05 Å². The van der Waals surface area contributed by atoms with E-state index in [1.54, 1.807) is 41.2 Å². The predicted octanol–water partition coefficient (Wildman–Crippen LogP) is 2.46. The number of nitrogens with zero attached hydrogens (tertiary/aromatic N) is 2. The normalized spacial score (nSPS) is 10.5. The molecule has 0 atom stereocenters. The van der Waals surface area contributed by atoms with E-state index in [0.717, 1.165) is 5.75 Å². The van der Waals surface area contributed by atoms with Crippen LogP contribution in [0.2, 0.25) is 0 Å². The lowest BCUT2D eigenvalue weighted by molar-refractivity contribution is 0.102. The summed E-state index contributed by atoms with van der Waals surface area (Å²) in [5, 5.41) is 2.74. The molecule has 0 saturated carbocycles. The maximum atomic E-state index is 12.0.